The molecule has 0 radical (unpaired) electrons. The van der Waals surface area contributed by atoms with Gasteiger partial charge < -0.3 is 191 Å². The third kappa shape index (κ3) is 32.6. The number of aromatic nitrogens is 2. The van der Waals surface area contributed by atoms with Crippen LogP contribution in [-0.2, 0) is 121 Å². The lowest BCUT2D eigenvalue weighted by molar-refractivity contribution is -0.354. The van der Waals surface area contributed by atoms with Crippen molar-refractivity contribution in [1.82, 2.24) is 79.1 Å². The Morgan fingerprint density at radius 2 is 1.06 bits per heavy atom. The van der Waals surface area contributed by atoms with Crippen LogP contribution in [0.5, 0.6) is 0 Å². The fraction of sp³-hybridized carbons (Fsp3) is 0.708. The summed E-state index contributed by atoms with van der Waals surface area (Å²) in [5, 5.41) is 186. The van der Waals surface area contributed by atoms with E-state index in [4.69, 9.17) is 45.0 Å². The molecule has 0 aromatic carbocycles. The van der Waals surface area contributed by atoms with Crippen molar-refractivity contribution in [2.45, 2.75) is 264 Å². The van der Waals surface area contributed by atoms with Gasteiger partial charge >= 0.3 is 23.9 Å². The van der Waals surface area contributed by atoms with Gasteiger partial charge in [0.15, 0.2) is 12.6 Å². The number of aliphatic hydroxyl groups is 11. The smallest absolute Gasteiger partial charge is 0.364 e. The Labute approximate surface area is 726 Å². The summed E-state index contributed by atoms with van der Waals surface area (Å²) >= 11 is 0. The molecule has 56 heteroatoms. The Morgan fingerprint density at radius 3 is 1.55 bits per heavy atom. The molecule has 33 N–H and O–H groups in total. The minimum atomic E-state index is -3.26. The molecule has 27 atom stereocenters. The van der Waals surface area contributed by atoms with E-state index in [2.05, 4.69) is 73.8 Å². The number of carboxylic acid groups (broad SMARTS) is 4. The zero-order valence-corrected chi connectivity index (χ0v) is 70.3. The zero-order chi connectivity index (χ0) is 96.8. The quantitative estimate of drug-likeness (QED) is 0.0288. The number of carboxylic acids is 4. The highest BCUT2D eigenvalue weighted by molar-refractivity contribution is 6.00. The van der Waals surface area contributed by atoms with Gasteiger partial charge in [0.1, 0.15) is 134 Å². The van der Waals surface area contributed by atoms with Crippen LogP contribution in [0.4, 0.5) is 0 Å². The van der Waals surface area contributed by atoms with Gasteiger partial charge in [0.25, 0.3) is 5.79 Å². The van der Waals surface area contributed by atoms with Gasteiger partial charge in [0, 0.05) is 51.4 Å². The first-order valence-electron chi connectivity index (χ1n) is 39.7. The Morgan fingerprint density at radius 1 is 0.555 bits per heavy atom. The number of hydrogen-bond acceptors (Lipinski definition) is 37. The summed E-state index contributed by atoms with van der Waals surface area (Å²) in [6.07, 6.45) is -32.1. The number of nitrogens with one attached hydrogen (secondary N) is 14. The molecule has 3 aliphatic heterocycles. The summed E-state index contributed by atoms with van der Waals surface area (Å²) in [7, 11) is 0. The van der Waals surface area contributed by atoms with E-state index in [1.54, 1.807) is 0 Å². The minimum Gasteiger partial charge on any atom is -0.481 e. The average Bonchev–Trinajstić information content (AvgIpc) is 0.791. The third-order valence-electron chi connectivity index (χ3n) is 19.9. The van der Waals surface area contributed by atoms with Crippen LogP contribution in [0.1, 0.15) is 99.6 Å². The molecule has 0 saturated carbocycles. The summed E-state index contributed by atoms with van der Waals surface area (Å²) in [4.78, 5) is 246. The summed E-state index contributed by atoms with van der Waals surface area (Å²) < 4.78 is 35.1. The van der Waals surface area contributed by atoms with E-state index in [1.165, 1.54) is 40.2 Å². The molecule has 0 bridgehead atoms. The summed E-state index contributed by atoms with van der Waals surface area (Å²) in [6, 6.07) is -24.1. The van der Waals surface area contributed by atoms with Crippen LogP contribution in [0, 0.1) is 11.8 Å². The van der Waals surface area contributed by atoms with Crippen molar-refractivity contribution < 1.29 is 191 Å². The fourth-order valence-corrected chi connectivity index (χ4v) is 12.8. The standard InChI is InChI=1S/C72H115N17O39/c1-25(2)47(66(117)83-34(68(119)120)10-12-46(102)103)88-58(109)27(5)78-62(113)33(9-11-45(100)101)82-44(99)17-76-61(112)36(14-43(74)98)85-65(116)38(87-64(115)37(19-91)86-67(118)48(26(3)4)89-59(110)28(6)79-63(114)35(13-31-16-75-24-77-31)84-60(111)32(73)18-90)22-123-69-50(81-30(8)95)56(127-70-55(108)54(107)52(105)41(21-93)125-70)53(106)42(126-69)23-124-72(71(121)122)15-39(96)49(80-29(7)94)57(128-72)51(104)40(97)20-92/h16,24-28,32-42,47-57,69-70,90-93,96-97,104-108H,9-15,17-23,73H2,1-8H3,(H2,74,98)(H,75,77)(H,76,112)(H,78,113)(H,79,114)(H,80,94)(H,81,95)(H,82,99)(H,83,117)(H,84,111)(H,85,116)(H,86,118)(H,87,115)(H,88,109)(H,89,110)(H,100,101)(H,102,103)(H,119,120)(H,121,122)/t27-,28-,32-,33-,34-,35-,36+,37-,38-,39-,40+,41+,42+,47-,48-,49-,50+,51+,52+,53+,54+,55+,56-,57-,69-,70+,72+/m0/s1. The van der Waals surface area contributed by atoms with Crippen LogP contribution in [0.15, 0.2) is 12.5 Å². The van der Waals surface area contributed by atoms with Crippen molar-refractivity contribution in [3.05, 3.63) is 18.2 Å². The first-order chi connectivity index (χ1) is 59.8. The number of aliphatic carboxylic acids is 4. The Kier molecular flexibility index (Phi) is 43.7. The lowest BCUT2D eigenvalue weighted by Crippen LogP contribution is -2.70. The molecule has 4 rings (SSSR count). The molecule has 0 spiro atoms. The van der Waals surface area contributed by atoms with E-state index in [0.29, 0.717) is 5.69 Å². The van der Waals surface area contributed by atoms with Crippen LogP contribution in [-0.4, -0.2) is 403 Å². The molecule has 3 saturated heterocycles. The van der Waals surface area contributed by atoms with Gasteiger partial charge in [0.05, 0.1) is 71.1 Å². The van der Waals surface area contributed by atoms with Gasteiger partial charge in [-0.15, -0.1) is 0 Å². The van der Waals surface area contributed by atoms with Crippen LogP contribution in [0.25, 0.3) is 0 Å². The molecule has 3 aliphatic rings. The van der Waals surface area contributed by atoms with Gasteiger partial charge in [-0.1, -0.05) is 27.7 Å². The number of nitrogens with two attached hydrogens (primary N) is 2. The number of amides is 14. The third-order valence-corrected chi connectivity index (χ3v) is 19.9. The van der Waals surface area contributed by atoms with Crippen molar-refractivity contribution in [3.8, 4) is 0 Å². The highest BCUT2D eigenvalue weighted by Crippen LogP contribution is 2.36. The number of aromatic amines is 1. The summed E-state index contributed by atoms with van der Waals surface area (Å²) in [6.45, 7) is 0.836. The maximum atomic E-state index is 15.1. The lowest BCUT2D eigenvalue weighted by atomic mass is 9.88. The second kappa shape index (κ2) is 51.2. The molecule has 4 heterocycles. The Bertz CT molecular complexity index is 4000. The Hall–Kier alpha value is -11.0. The predicted molar refractivity (Wildman–Crippen MR) is 418 cm³/mol. The maximum absolute atomic E-state index is 15.1. The molecule has 722 valence electrons. The first kappa shape index (κ1) is 109. The van der Waals surface area contributed by atoms with Crippen molar-refractivity contribution in [1.29, 1.82) is 0 Å². The second-order valence-corrected chi connectivity index (χ2v) is 30.8. The number of H-pyrrole nitrogens is 1. The number of rotatable bonds is 52. The number of aliphatic hydroxyl groups excluding tert-OH is 11. The molecule has 1 aromatic heterocycles. The molecule has 128 heavy (non-hydrogen) atoms. The van der Waals surface area contributed by atoms with Gasteiger partial charge in [-0.3, -0.25) is 76.7 Å². The SMILES string of the molecule is CC(=O)N[C@@H]1[C@@H]([C@H](O)[C@H](O)CO)O[C@@](OC[C@H]2O[C@H](OC[C@H](NC(=O)[C@H](CO)NC(=O)[C@@H](NC(=O)[C@H](C)NC(=O)[C@H](Cc3cnc[nH]3)NC(=O)[C@@H](N)CO)C(C)C)C(=O)N[C@H](CC(N)=O)C(=O)NCC(=O)N[C@@H](CCC(=O)O)C(=O)N[C@@H](C)C(=O)N[C@H](C(=O)N[C@@H](CCC(=O)O)C(=O)O)C(C)C)[C@H](NC(C)=O)[C@H](O[C@H]3O[C@H](CO)[C@@H](O)[C@@H](O)[C@H]3O)[C@@H]2O)(C(=O)O)C[C@@H]1O. The monoisotopic (exact) mass is 1840 g/mol. The molecule has 0 unspecified atom stereocenters. The average molecular weight is 1840 g/mol. The molecule has 1 aromatic rings. The van der Waals surface area contributed by atoms with Crippen LogP contribution in [0.3, 0.4) is 0 Å². The van der Waals surface area contributed by atoms with E-state index in [9.17, 15) is 153 Å². The highest BCUT2D eigenvalue weighted by atomic mass is 16.8. The summed E-state index contributed by atoms with van der Waals surface area (Å²) in [5.41, 5.74) is 11.5. The number of carbonyl (C=O) groups is 18. The number of carbonyl (C=O) groups excluding carboxylic acids is 14. The number of nitrogens with zero attached hydrogens (tertiary/aromatic N) is 1. The topological polar surface area (TPSA) is 903 Å². The molecule has 3 fully saturated rings. The van der Waals surface area contributed by atoms with E-state index in [1.807, 2.05) is 5.32 Å². The van der Waals surface area contributed by atoms with Crippen LogP contribution in [0.2, 0.25) is 0 Å². The largest absolute Gasteiger partial charge is 0.481 e. The van der Waals surface area contributed by atoms with Crippen molar-refractivity contribution >= 4 is 107 Å². The zero-order valence-electron chi connectivity index (χ0n) is 70.3. The maximum Gasteiger partial charge on any atom is 0.364 e. The molecule has 0 aliphatic carbocycles. The normalized spacial score (nSPS) is 25.2. The number of imidazole rings is 1. The van der Waals surface area contributed by atoms with Gasteiger partial charge in [-0.2, -0.15) is 0 Å². The van der Waals surface area contributed by atoms with E-state index in [0.717, 1.165) is 27.7 Å². The van der Waals surface area contributed by atoms with Gasteiger partial charge in [-0.05, 0) is 38.5 Å². The first-order valence-corrected chi connectivity index (χ1v) is 39.7. The van der Waals surface area contributed by atoms with E-state index in [-0.39, 0.29) is 6.42 Å². The fourth-order valence-electron chi connectivity index (χ4n) is 12.8. The lowest BCUT2D eigenvalue weighted by Gasteiger charge is -2.49. The molecular weight excluding hydrogens is 1730 g/mol. The van der Waals surface area contributed by atoms with Crippen molar-refractivity contribution in [2.24, 2.45) is 23.3 Å². The van der Waals surface area contributed by atoms with Gasteiger partial charge in [-0.25, -0.2) is 14.6 Å². The molecular formula is C72H115N17O39. The summed E-state index contributed by atoms with van der Waals surface area (Å²) in [5.74, 6) is -29.2. The van der Waals surface area contributed by atoms with Crippen LogP contribution < -0.4 is 80.6 Å². The van der Waals surface area contributed by atoms with E-state index < -0.39 is 367 Å². The number of ether oxygens (including phenoxy) is 6. The van der Waals surface area contributed by atoms with Crippen LogP contribution >= 0.6 is 0 Å². The minimum absolute atomic E-state index is 0.265. The second-order valence-electron chi connectivity index (χ2n) is 30.8. The predicted octanol–water partition coefficient (Wildman–Crippen LogP) is -16.8. The van der Waals surface area contributed by atoms with E-state index >= 15 is 4.79 Å². The molecule has 14 amide bonds. The number of primary amides is 1. The van der Waals surface area contributed by atoms with Gasteiger partial charge in [0.2, 0.25) is 82.7 Å². The Balaban J connectivity index is 1.82. The highest BCUT2D eigenvalue weighted by Gasteiger charge is 2.58. The number of hydrogen-bond donors (Lipinski definition) is 31. The molecule has 56 nitrogen and oxygen atoms in total. The van der Waals surface area contributed by atoms with Crippen molar-refractivity contribution in [3.63, 3.8) is 0 Å². The van der Waals surface area contributed by atoms with Crippen molar-refractivity contribution in [2.75, 3.05) is 46.2 Å².